The van der Waals surface area contributed by atoms with Gasteiger partial charge in [-0.15, -0.1) is 0 Å². The summed E-state index contributed by atoms with van der Waals surface area (Å²) in [4.78, 5) is 4.24. The first-order valence-corrected chi connectivity index (χ1v) is 6.74. The van der Waals surface area contributed by atoms with Crippen LogP contribution in [0, 0.1) is 0 Å². The van der Waals surface area contributed by atoms with Gasteiger partial charge in [0.05, 0.1) is 5.02 Å². The van der Waals surface area contributed by atoms with Gasteiger partial charge in [-0.1, -0.05) is 36.2 Å². The molecule has 0 radical (unpaired) electrons. The Hall–Kier alpha value is -1.29. The van der Waals surface area contributed by atoms with Gasteiger partial charge >= 0.3 is 0 Å². The lowest BCUT2D eigenvalue weighted by Gasteiger charge is -2.11. The van der Waals surface area contributed by atoms with E-state index in [9.17, 15) is 0 Å². The average Bonchev–Trinajstić information content (AvgIpc) is 2.41. The van der Waals surface area contributed by atoms with Gasteiger partial charge in [0.25, 0.3) is 0 Å². The van der Waals surface area contributed by atoms with Gasteiger partial charge in [0.2, 0.25) is 5.88 Å². The van der Waals surface area contributed by atoms with E-state index < -0.39 is 0 Å². The summed E-state index contributed by atoms with van der Waals surface area (Å²) < 4.78 is 5.75. The Labute approximate surface area is 122 Å². The normalized spacial score (nSPS) is 10.5. The summed E-state index contributed by atoms with van der Waals surface area (Å²) in [6.07, 6.45) is 1.69. The van der Waals surface area contributed by atoms with Crippen LogP contribution < -0.4 is 10.1 Å². The van der Waals surface area contributed by atoms with Crippen LogP contribution in [-0.4, -0.2) is 11.5 Å². The molecular weight excluding hydrogens is 283 g/mol. The Bertz CT molecular complexity index is 561. The van der Waals surface area contributed by atoms with Gasteiger partial charge in [-0.25, -0.2) is 4.98 Å². The highest BCUT2D eigenvalue weighted by Crippen LogP contribution is 2.31. The first-order valence-electron chi connectivity index (χ1n) is 5.98. The molecule has 0 spiro atoms. The summed E-state index contributed by atoms with van der Waals surface area (Å²) in [7, 11) is 0. The maximum Gasteiger partial charge on any atom is 0.223 e. The Morgan fingerprint density at radius 1 is 1.26 bits per heavy atom. The summed E-state index contributed by atoms with van der Waals surface area (Å²) in [5, 5.41) is 4.28. The predicted molar refractivity (Wildman–Crippen MR) is 78.2 cm³/mol. The minimum atomic E-state index is 0.465. The molecule has 0 fully saturated rings. The molecule has 0 unspecified atom stereocenters. The molecule has 1 aromatic heterocycles. The van der Waals surface area contributed by atoms with E-state index in [4.69, 9.17) is 27.9 Å². The Morgan fingerprint density at radius 3 is 2.84 bits per heavy atom. The molecule has 100 valence electrons. The number of ether oxygens (including phenoxy) is 1. The Kier molecular flexibility index (Phi) is 5.02. The van der Waals surface area contributed by atoms with Crippen LogP contribution in [-0.2, 0) is 6.54 Å². The zero-order valence-corrected chi connectivity index (χ0v) is 12.0. The summed E-state index contributed by atoms with van der Waals surface area (Å²) in [5.74, 6) is 1.09. The summed E-state index contributed by atoms with van der Waals surface area (Å²) in [6, 6.07) is 8.95. The zero-order chi connectivity index (χ0) is 13.7. The number of pyridine rings is 1. The van der Waals surface area contributed by atoms with E-state index in [1.165, 1.54) is 0 Å². The van der Waals surface area contributed by atoms with Crippen molar-refractivity contribution < 1.29 is 4.74 Å². The SMILES string of the molecule is CCNCc1cccnc1Oc1ccc(Cl)cc1Cl. The van der Waals surface area contributed by atoms with E-state index in [2.05, 4.69) is 10.3 Å². The van der Waals surface area contributed by atoms with Crippen LogP contribution in [0.5, 0.6) is 11.6 Å². The number of nitrogens with zero attached hydrogens (tertiary/aromatic N) is 1. The number of aromatic nitrogens is 1. The molecule has 0 saturated carbocycles. The first-order chi connectivity index (χ1) is 9.20. The van der Waals surface area contributed by atoms with Crippen LogP contribution >= 0.6 is 23.2 Å². The molecule has 0 aliphatic carbocycles. The van der Waals surface area contributed by atoms with Crippen LogP contribution in [0.1, 0.15) is 12.5 Å². The van der Waals surface area contributed by atoms with E-state index in [0.717, 1.165) is 12.1 Å². The van der Waals surface area contributed by atoms with Crippen molar-refractivity contribution in [3.05, 3.63) is 52.1 Å². The second-order valence-corrected chi connectivity index (χ2v) is 4.77. The van der Waals surface area contributed by atoms with Gasteiger partial charge < -0.3 is 10.1 Å². The molecule has 0 bridgehead atoms. The van der Waals surface area contributed by atoms with Gasteiger partial charge in [-0.3, -0.25) is 0 Å². The van der Waals surface area contributed by atoms with Crippen molar-refractivity contribution in [3.63, 3.8) is 0 Å². The molecule has 0 amide bonds. The highest BCUT2D eigenvalue weighted by molar-refractivity contribution is 6.35. The molecule has 2 aromatic rings. The van der Waals surface area contributed by atoms with Crippen LogP contribution in [0.25, 0.3) is 0 Å². The number of halogens is 2. The van der Waals surface area contributed by atoms with E-state index in [0.29, 0.717) is 28.2 Å². The van der Waals surface area contributed by atoms with Gasteiger partial charge in [0.1, 0.15) is 5.75 Å². The van der Waals surface area contributed by atoms with Crippen molar-refractivity contribution in [1.29, 1.82) is 0 Å². The van der Waals surface area contributed by atoms with Crippen LogP contribution in [0.15, 0.2) is 36.5 Å². The van der Waals surface area contributed by atoms with Gasteiger partial charge in [0.15, 0.2) is 0 Å². The molecule has 0 saturated heterocycles. The lowest BCUT2D eigenvalue weighted by Crippen LogP contribution is -2.12. The smallest absolute Gasteiger partial charge is 0.223 e. The topological polar surface area (TPSA) is 34.2 Å². The maximum atomic E-state index is 6.08. The third-order valence-corrected chi connectivity index (χ3v) is 3.05. The predicted octanol–water partition coefficient (Wildman–Crippen LogP) is 4.29. The van der Waals surface area contributed by atoms with Crippen molar-refractivity contribution in [2.75, 3.05) is 6.54 Å². The molecule has 0 atom stereocenters. The van der Waals surface area contributed by atoms with Crippen molar-refractivity contribution in [1.82, 2.24) is 10.3 Å². The minimum Gasteiger partial charge on any atom is -0.437 e. The third kappa shape index (κ3) is 3.83. The van der Waals surface area contributed by atoms with Gasteiger partial charge in [0, 0.05) is 23.3 Å². The largest absolute Gasteiger partial charge is 0.437 e. The average molecular weight is 297 g/mol. The standard InChI is InChI=1S/C14H14Cl2N2O/c1-2-17-9-10-4-3-7-18-14(10)19-13-6-5-11(15)8-12(13)16/h3-8,17H,2,9H2,1H3. The third-order valence-electron chi connectivity index (χ3n) is 2.52. The van der Waals surface area contributed by atoms with Crippen molar-refractivity contribution in [2.45, 2.75) is 13.5 Å². The Balaban J connectivity index is 2.22. The van der Waals surface area contributed by atoms with E-state index in [1.807, 2.05) is 19.1 Å². The summed E-state index contributed by atoms with van der Waals surface area (Å²) in [6.45, 7) is 3.63. The van der Waals surface area contributed by atoms with Gasteiger partial charge in [-0.2, -0.15) is 0 Å². The highest BCUT2D eigenvalue weighted by atomic mass is 35.5. The van der Waals surface area contributed by atoms with Crippen molar-refractivity contribution in [3.8, 4) is 11.6 Å². The number of rotatable bonds is 5. The molecule has 3 nitrogen and oxygen atoms in total. The lowest BCUT2D eigenvalue weighted by molar-refractivity contribution is 0.453. The minimum absolute atomic E-state index is 0.465. The molecule has 0 aliphatic rings. The Morgan fingerprint density at radius 2 is 2.11 bits per heavy atom. The van der Waals surface area contributed by atoms with E-state index in [1.54, 1.807) is 24.4 Å². The van der Waals surface area contributed by atoms with Crippen molar-refractivity contribution in [2.24, 2.45) is 0 Å². The maximum absolute atomic E-state index is 6.08. The number of hydrogen-bond donors (Lipinski definition) is 1. The lowest BCUT2D eigenvalue weighted by atomic mass is 10.2. The fraction of sp³-hybridized carbons (Fsp3) is 0.214. The fourth-order valence-electron chi connectivity index (χ4n) is 1.57. The molecular formula is C14H14Cl2N2O. The monoisotopic (exact) mass is 296 g/mol. The second-order valence-electron chi connectivity index (χ2n) is 3.92. The molecule has 1 N–H and O–H groups in total. The van der Waals surface area contributed by atoms with Crippen LogP contribution in [0.2, 0.25) is 10.0 Å². The van der Waals surface area contributed by atoms with Crippen LogP contribution in [0.4, 0.5) is 0 Å². The highest BCUT2D eigenvalue weighted by Gasteiger charge is 2.08. The number of hydrogen-bond acceptors (Lipinski definition) is 3. The number of nitrogens with one attached hydrogen (secondary N) is 1. The van der Waals surface area contributed by atoms with Gasteiger partial charge in [-0.05, 0) is 30.8 Å². The van der Waals surface area contributed by atoms with E-state index in [-0.39, 0.29) is 0 Å². The molecule has 1 heterocycles. The first kappa shape index (κ1) is 14.1. The molecule has 0 aliphatic heterocycles. The summed E-state index contributed by atoms with van der Waals surface area (Å²) >= 11 is 11.9. The zero-order valence-electron chi connectivity index (χ0n) is 10.5. The quantitative estimate of drug-likeness (QED) is 0.894. The van der Waals surface area contributed by atoms with Crippen molar-refractivity contribution >= 4 is 23.2 Å². The van der Waals surface area contributed by atoms with Crippen LogP contribution in [0.3, 0.4) is 0 Å². The molecule has 19 heavy (non-hydrogen) atoms. The number of benzene rings is 1. The molecule has 1 aromatic carbocycles. The van der Waals surface area contributed by atoms with E-state index >= 15 is 0 Å². The second kappa shape index (κ2) is 6.75. The molecule has 2 rings (SSSR count). The molecule has 5 heteroatoms. The summed E-state index contributed by atoms with van der Waals surface area (Å²) in [5.41, 5.74) is 0.982. The fourth-order valence-corrected chi connectivity index (χ4v) is 2.02.